The first-order chi connectivity index (χ1) is 16.1. The maximum Gasteiger partial charge on any atom is 0.274 e. The summed E-state index contributed by atoms with van der Waals surface area (Å²) in [6.45, 7) is 5.41. The third-order valence-corrected chi connectivity index (χ3v) is 6.33. The van der Waals surface area contributed by atoms with Gasteiger partial charge >= 0.3 is 0 Å². The molecule has 4 heterocycles. The van der Waals surface area contributed by atoms with Gasteiger partial charge in [-0.2, -0.15) is 5.10 Å². The number of H-pyrrole nitrogens is 1. The average Bonchev–Trinajstić information content (AvgIpc) is 3.06. The number of anilines is 2. The third-order valence-electron chi connectivity index (χ3n) is 6.33. The third kappa shape index (κ3) is 4.75. The zero-order valence-corrected chi connectivity index (χ0v) is 19.2. The Bertz CT molecular complexity index is 1160. The topological polar surface area (TPSA) is 96.0 Å². The Balaban J connectivity index is 1.34. The molecule has 172 valence electrons. The number of amides is 1. The number of ether oxygens (including phenoxy) is 1. The van der Waals surface area contributed by atoms with Gasteiger partial charge in [0.05, 0.1) is 18.8 Å². The van der Waals surface area contributed by atoms with Gasteiger partial charge in [0.15, 0.2) is 5.69 Å². The number of rotatable bonds is 4. The molecule has 1 amide bonds. The highest BCUT2D eigenvalue weighted by Gasteiger charge is 2.31. The number of aromatic amines is 1. The van der Waals surface area contributed by atoms with Gasteiger partial charge < -0.3 is 15.0 Å². The van der Waals surface area contributed by atoms with Crippen molar-refractivity contribution in [2.24, 2.45) is 0 Å². The standard InChI is InChI=1S/C25H30N6O2/c1-16-7-6-10-23(27-16)28-18-13-17(2)26-21(14-18)22-15-31(11-12-33-22)25(32)24-19-8-4-3-5-9-20(19)29-30-24/h6-7,10,13-14,22H,3-5,8-9,11-12,15H2,1-2H3,(H,29,30)(H,26,27,28)/t22-/m1/s1. The summed E-state index contributed by atoms with van der Waals surface area (Å²) in [4.78, 5) is 24.5. The summed E-state index contributed by atoms with van der Waals surface area (Å²) in [6.07, 6.45) is 5.06. The smallest absolute Gasteiger partial charge is 0.274 e. The fourth-order valence-electron chi connectivity index (χ4n) is 4.69. The molecular weight excluding hydrogens is 416 g/mol. The molecule has 0 radical (unpaired) electrons. The fourth-order valence-corrected chi connectivity index (χ4v) is 4.69. The van der Waals surface area contributed by atoms with E-state index in [-0.39, 0.29) is 12.0 Å². The van der Waals surface area contributed by atoms with Crippen molar-refractivity contribution >= 4 is 17.4 Å². The number of carbonyl (C=O) groups excluding carboxylic acids is 1. The Morgan fingerprint density at radius 3 is 2.88 bits per heavy atom. The zero-order valence-electron chi connectivity index (χ0n) is 19.2. The lowest BCUT2D eigenvalue weighted by molar-refractivity contribution is -0.0249. The predicted molar refractivity (Wildman–Crippen MR) is 126 cm³/mol. The van der Waals surface area contributed by atoms with E-state index in [2.05, 4.69) is 20.5 Å². The molecule has 3 aromatic rings. The number of nitrogens with one attached hydrogen (secondary N) is 2. The van der Waals surface area contributed by atoms with Gasteiger partial charge in [-0.05, 0) is 63.8 Å². The second-order valence-electron chi connectivity index (χ2n) is 8.91. The van der Waals surface area contributed by atoms with Crippen molar-refractivity contribution in [3.05, 3.63) is 64.4 Å². The SMILES string of the molecule is Cc1cccc(Nc2cc(C)nc([C@H]3CN(C(=O)c4n[nH]c5c4CCCCC5)CCO3)c2)n1. The van der Waals surface area contributed by atoms with Gasteiger partial charge in [-0.3, -0.25) is 14.9 Å². The van der Waals surface area contributed by atoms with Crippen LogP contribution in [-0.2, 0) is 17.6 Å². The fraction of sp³-hybridized carbons (Fsp3) is 0.440. The summed E-state index contributed by atoms with van der Waals surface area (Å²) in [5, 5.41) is 10.9. The molecule has 33 heavy (non-hydrogen) atoms. The van der Waals surface area contributed by atoms with Crippen LogP contribution < -0.4 is 5.32 Å². The average molecular weight is 447 g/mol. The molecule has 0 saturated carbocycles. The number of morpholine rings is 1. The number of hydrogen-bond acceptors (Lipinski definition) is 6. The molecule has 0 bridgehead atoms. The molecule has 0 aromatic carbocycles. The van der Waals surface area contributed by atoms with Crippen LogP contribution in [0.2, 0.25) is 0 Å². The molecule has 1 saturated heterocycles. The van der Waals surface area contributed by atoms with Gasteiger partial charge in [-0.1, -0.05) is 12.5 Å². The summed E-state index contributed by atoms with van der Waals surface area (Å²) in [5.41, 5.74) is 6.36. The van der Waals surface area contributed by atoms with Crippen LogP contribution in [0.1, 0.15) is 64.2 Å². The number of aryl methyl sites for hydroxylation is 3. The van der Waals surface area contributed by atoms with Crippen molar-refractivity contribution in [3.63, 3.8) is 0 Å². The summed E-state index contributed by atoms with van der Waals surface area (Å²) in [5.74, 6) is 0.768. The maximum atomic E-state index is 13.4. The lowest BCUT2D eigenvalue weighted by Gasteiger charge is -2.32. The number of hydrogen-bond donors (Lipinski definition) is 2. The Kier molecular flexibility index (Phi) is 6.09. The van der Waals surface area contributed by atoms with Gasteiger partial charge in [0, 0.05) is 34.9 Å². The number of pyridine rings is 2. The molecule has 2 N–H and O–H groups in total. The molecule has 0 unspecified atom stereocenters. The normalized spacial score (nSPS) is 18.5. The first kappa shape index (κ1) is 21.6. The second-order valence-corrected chi connectivity index (χ2v) is 8.91. The largest absolute Gasteiger partial charge is 0.368 e. The predicted octanol–water partition coefficient (Wildman–Crippen LogP) is 4.04. The zero-order chi connectivity index (χ0) is 22.8. The monoisotopic (exact) mass is 446 g/mol. The van der Waals surface area contributed by atoms with Crippen LogP contribution in [0.25, 0.3) is 0 Å². The lowest BCUT2D eigenvalue weighted by Crippen LogP contribution is -2.43. The number of nitrogens with zero attached hydrogens (tertiary/aromatic N) is 4. The van der Waals surface area contributed by atoms with E-state index in [1.165, 1.54) is 6.42 Å². The Labute approximate surface area is 193 Å². The van der Waals surface area contributed by atoms with Crippen LogP contribution in [0.5, 0.6) is 0 Å². The number of carbonyl (C=O) groups is 1. The van der Waals surface area contributed by atoms with E-state index in [1.54, 1.807) is 0 Å². The molecule has 8 nitrogen and oxygen atoms in total. The van der Waals surface area contributed by atoms with Crippen molar-refractivity contribution in [1.29, 1.82) is 0 Å². The summed E-state index contributed by atoms with van der Waals surface area (Å²) in [6, 6.07) is 9.85. The Morgan fingerprint density at radius 1 is 1.12 bits per heavy atom. The van der Waals surface area contributed by atoms with E-state index >= 15 is 0 Å². The molecule has 8 heteroatoms. The highest BCUT2D eigenvalue weighted by atomic mass is 16.5. The van der Waals surface area contributed by atoms with Crippen molar-refractivity contribution in [1.82, 2.24) is 25.1 Å². The summed E-state index contributed by atoms with van der Waals surface area (Å²) in [7, 11) is 0. The molecule has 1 fully saturated rings. The molecule has 1 aliphatic heterocycles. The molecule has 1 aliphatic carbocycles. The maximum absolute atomic E-state index is 13.4. The highest BCUT2D eigenvalue weighted by Crippen LogP contribution is 2.28. The van der Waals surface area contributed by atoms with Crippen LogP contribution >= 0.6 is 0 Å². The van der Waals surface area contributed by atoms with Crippen molar-refractivity contribution in [2.75, 3.05) is 25.0 Å². The van der Waals surface area contributed by atoms with Crippen LogP contribution in [0.15, 0.2) is 30.3 Å². The first-order valence-electron chi connectivity index (χ1n) is 11.7. The second kappa shape index (κ2) is 9.31. The van der Waals surface area contributed by atoms with E-state index < -0.39 is 0 Å². The van der Waals surface area contributed by atoms with E-state index in [4.69, 9.17) is 9.72 Å². The Morgan fingerprint density at radius 2 is 2.00 bits per heavy atom. The minimum Gasteiger partial charge on any atom is -0.368 e. The molecule has 0 spiro atoms. The number of aromatic nitrogens is 4. The quantitative estimate of drug-likeness (QED) is 0.587. The van der Waals surface area contributed by atoms with Crippen molar-refractivity contribution < 1.29 is 9.53 Å². The van der Waals surface area contributed by atoms with Gasteiger partial charge in [-0.25, -0.2) is 4.98 Å². The van der Waals surface area contributed by atoms with Crippen LogP contribution in [-0.4, -0.2) is 50.7 Å². The van der Waals surface area contributed by atoms with Crippen molar-refractivity contribution in [3.8, 4) is 0 Å². The van der Waals surface area contributed by atoms with E-state index in [9.17, 15) is 4.79 Å². The number of fused-ring (bicyclic) bond motifs is 1. The van der Waals surface area contributed by atoms with Gasteiger partial charge in [-0.15, -0.1) is 0 Å². The van der Waals surface area contributed by atoms with Crippen molar-refractivity contribution in [2.45, 2.75) is 52.1 Å². The minimum atomic E-state index is -0.286. The van der Waals surface area contributed by atoms with Gasteiger partial charge in [0.1, 0.15) is 11.9 Å². The minimum absolute atomic E-state index is 0.0161. The van der Waals surface area contributed by atoms with E-state index in [0.29, 0.717) is 25.4 Å². The van der Waals surface area contributed by atoms with Crippen LogP contribution in [0.3, 0.4) is 0 Å². The summed E-state index contributed by atoms with van der Waals surface area (Å²) >= 11 is 0. The molecule has 2 aliphatic rings. The molecular formula is C25H30N6O2. The lowest BCUT2D eigenvalue weighted by atomic mass is 10.1. The molecule has 1 atom stereocenters. The van der Waals surface area contributed by atoms with E-state index in [1.807, 2.05) is 49.1 Å². The van der Waals surface area contributed by atoms with Crippen LogP contribution in [0, 0.1) is 13.8 Å². The highest BCUT2D eigenvalue weighted by molar-refractivity contribution is 5.94. The van der Waals surface area contributed by atoms with Crippen LogP contribution in [0.4, 0.5) is 11.5 Å². The Hall–Kier alpha value is -3.26. The van der Waals surface area contributed by atoms with E-state index in [0.717, 1.165) is 65.5 Å². The first-order valence-corrected chi connectivity index (χ1v) is 11.7. The molecule has 3 aromatic heterocycles. The summed E-state index contributed by atoms with van der Waals surface area (Å²) < 4.78 is 6.05. The molecule has 5 rings (SSSR count). The van der Waals surface area contributed by atoms with Gasteiger partial charge in [0.25, 0.3) is 5.91 Å². The van der Waals surface area contributed by atoms with Gasteiger partial charge in [0.2, 0.25) is 0 Å².